The third-order valence-corrected chi connectivity index (χ3v) is 4.75. The van der Waals surface area contributed by atoms with Crippen molar-refractivity contribution >= 4 is 63.3 Å². The Balaban J connectivity index is 1.52. The first-order chi connectivity index (χ1) is 14.5. The molecular weight excluding hydrogens is 423 g/mol. The van der Waals surface area contributed by atoms with Crippen molar-refractivity contribution in [2.45, 2.75) is 6.92 Å². The van der Waals surface area contributed by atoms with Gasteiger partial charge in [0.2, 0.25) is 0 Å². The molecule has 0 aliphatic rings. The number of para-hydroxylation sites is 1. The van der Waals surface area contributed by atoms with Gasteiger partial charge in [-0.1, -0.05) is 41.4 Å². The van der Waals surface area contributed by atoms with Crippen molar-refractivity contribution < 1.29 is 4.79 Å². The number of nitrogens with one attached hydrogen (secondary N) is 3. The van der Waals surface area contributed by atoms with Crippen LogP contribution in [0.3, 0.4) is 0 Å². The maximum atomic E-state index is 12.4. The summed E-state index contributed by atoms with van der Waals surface area (Å²) < 4.78 is 0. The molecule has 0 aliphatic carbocycles. The molecule has 150 valence electrons. The fourth-order valence-corrected chi connectivity index (χ4v) is 3.21. The van der Waals surface area contributed by atoms with Crippen LogP contribution in [0.15, 0.2) is 60.8 Å². The fourth-order valence-electron chi connectivity index (χ4n) is 2.76. The van der Waals surface area contributed by atoms with E-state index in [1.165, 1.54) is 0 Å². The molecule has 0 fully saturated rings. The second kappa shape index (κ2) is 8.52. The second-order valence-electron chi connectivity index (χ2n) is 6.41. The van der Waals surface area contributed by atoms with E-state index < -0.39 is 6.03 Å². The molecule has 2 heterocycles. The topological polar surface area (TPSA) is 91.8 Å². The van der Waals surface area contributed by atoms with Crippen LogP contribution in [-0.4, -0.2) is 21.0 Å². The number of amides is 2. The molecule has 0 radical (unpaired) electrons. The molecule has 4 rings (SSSR count). The Morgan fingerprint density at radius 1 is 0.933 bits per heavy atom. The van der Waals surface area contributed by atoms with Gasteiger partial charge in [0.05, 0.1) is 28.3 Å². The Kier molecular flexibility index (Phi) is 5.65. The summed E-state index contributed by atoms with van der Waals surface area (Å²) in [5.41, 5.74) is 3.49. The number of hydrogen-bond donors (Lipinski definition) is 3. The van der Waals surface area contributed by atoms with Gasteiger partial charge in [0.15, 0.2) is 11.5 Å². The maximum Gasteiger partial charge on any atom is 0.323 e. The lowest BCUT2D eigenvalue weighted by Crippen LogP contribution is -2.20. The largest absolute Gasteiger partial charge is 0.339 e. The van der Waals surface area contributed by atoms with Crippen molar-refractivity contribution in [3.8, 4) is 0 Å². The molecular formula is C21H16Cl2N6O. The molecule has 9 heteroatoms. The van der Waals surface area contributed by atoms with Crippen LogP contribution in [0.5, 0.6) is 0 Å². The van der Waals surface area contributed by atoms with Crippen LogP contribution in [0.4, 0.5) is 27.7 Å². The van der Waals surface area contributed by atoms with E-state index in [-0.39, 0.29) is 0 Å². The molecule has 0 saturated carbocycles. The highest BCUT2D eigenvalue weighted by molar-refractivity contribution is 6.36. The second-order valence-corrected chi connectivity index (χ2v) is 7.26. The number of anilines is 4. The third-order valence-electron chi connectivity index (χ3n) is 4.20. The van der Waals surface area contributed by atoms with E-state index in [0.717, 1.165) is 5.69 Å². The number of benzene rings is 2. The molecule has 0 saturated heterocycles. The average molecular weight is 439 g/mol. The number of urea groups is 1. The van der Waals surface area contributed by atoms with Gasteiger partial charge in [0.1, 0.15) is 5.52 Å². The van der Waals surface area contributed by atoms with Crippen LogP contribution in [-0.2, 0) is 0 Å². The van der Waals surface area contributed by atoms with Gasteiger partial charge in [-0.15, -0.1) is 0 Å². The lowest BCUT2D eigenvalue weighted by molar-refractivity contribution is 0.262. The van der Waals surface area contributed by atoms with Crippen molar-refractivity contribution in [3.63, 3.8) is 0 Å². The molecule has 3 N–H and O–H groups in total. The highest BCUT2D eigenvalue weighted by Gasteiger charge is 2.11. The van der Waals surface area contributed by atoms with Crippen LogP contribution < -0.4 is 16.0 Å². The Hall–Kier alpha value is -3.42. The number of nitrogens with zero attached hydrogens (tertiary/aromatic N) is 3. The summed E-state index contributed by atoms with van der Waals surface area (Å²) in [7, 11) is 0. The van der Waals surface area contributed by atoms with Gasteiger partial charge in [0.25, 0.3) is 0 Å². The monoisotopic (exact) mass is 438 g/mol. The van der Waals surface area contributed by atoms with Crippen molar-refractivity contribution in [2.75, 3.05) is 16.0 Å². The molecule has 2 aromatic carbocycles. The van der Waals surface area contributed by atoms with Crippen molar-refractivity contribution in [1.29, 1.82) is 0 Å². The smallest absolute Gasteiger partial charge is 0.323 e. The van der Waals surface area contributed by atoms with Crippen LogP contribution in [0.25, 0.3) is 11.2 Å². The number of carbonyl (C=O) groups is 1. The van der Waals surface area contributed by atoms with Gasteiger partial charge < -0.3 is 16.0 Å². The van der Waals surface area contributed by atoms with E-state index in [1.807, 2.05) is 30.3 Å². The number of aryl methyl sites for hydroxylation is 1. The van der Waals surface area contributed by atoms with E-state index in [2.05, 4.69) is 30.9 Å². The summed E-state index contributed by atoms with van der Waals surface area (Å²) in [6.45, 7) is 1.78. The first-order valence-corrected chi connectivity index (χ1v) is 9.73. The number of hydrogen-bond acceptors (Lipinski definition) is 5. The lowest BCUT2D eigenvalue weighted by Gasteiger charge is -2.12. The predicted octanol–water partition coefficient (Wildman–Crippen LogP) is 6.03. The Morgan fingerprint density at radius 3 is 2.47 bits per heavy atom. The zero-order chi connectivity index (χ0) is 21.1. The molecule has 2 amide bonds. The van der Waals surface area contributed by atoms with Crippen molar-refractivity contribution in [2.24, 2.45) is 0 Å². The number of fused-ring (bicyclic) bond motifs is 1. The van der Waals surface area contributed by atoms with Gasteiger partial charge in [0, 0.05) is 10.7 Å². The molecule has 30 heavy (non-hydrogen) atoms. The zero-order valence-electron chi connectivity index (χ0n) is 15.8. The highest BCUT2D eigenvalue weighted by atomic mass is 35.5. The normalized spacial score (nSPS) is 10.6. The van der Waals surface area contributed by atoms with Gasteiger partial charge >= 0.3 is 6.03 Å². The highest BCUT2D eigenvalue weighted by Crippen LogP contribution is 2.26. The minimum atomic E-state index is -0.459. The van der Waals surface area contributed by atoms with E-state index in [9.17, 15) is 4.79 Å². The van der Waals surface area contributed by atoms with E-state index in [0.29, 0.717) is 44.1 Å². The molecule has 0 spiro atoms. The minimum absolute atomic E-state index is 0.343. The van der Waals surface area contributed by atoms with E-state index in [4.69, 9.17) is 23.2 Å². The average Bonchev–Trinajstić information content (AvgIpc) is 2.72. The van der Waals surface area contributed by atoms with Gasteiger partial charge in [-0.2, -0.15) is 0 Å². The Labute approximate surface area is 182 Å². The number of rotatable bonds is 4. The summed E-state index contributed by atoms with van der Waals surface area (Å²) >= 11 is 12.0. The number of pyridine rings is 1. The molecule has 0 atom stereocenters. The number of aromatic nitrogens is 3. The summed E-state index contributed by atoms with van der Waals surface area (Å²) in [4.78, 5) is 25.7. The van der Waals surface area contributed by atoms with Gasteiger partial charge in [-0.05, 0) is 43.3 Å². The zero-order valence-corrected chi connectivity index (χ0v) is 17.3. The van der Waals surface area contributed by atoms with Crippen LogP contribution >= 0.6 is 23.2 Å². The minimum Gasteiger partial charge on any atom is -0.339 e. The molecule has 0 aliphatic heterocycles. The Morgan fingerprint density at radius 2 is 1.70 bits per heavy atom. The predicted molar refractivity (Wildman–Crippen MR) is 121 cm³/mol. The van der Waals surface area contributed by atoms with E-state index in [1.54, 1.807) is 37.4 Å². The third kappa shape index (κ3) is 4.59. The van der Waals surface area contributed by atoms with Gasteiger partial charge in [-0.25, -0.2) is 19.7 Å². The standard InChI is InChI=1S/C21H16Cl2N6O/c1-12-17(28-21(30)27-16-8-7-13(22)9-15(16)23)10-18-20(25-12)29-19(11-24-18)26-14-5-3-2-4-6-14/h2-11H,1H3,(H,25,26,29)(H2,27,28,30). The first-order valence-electron chi connectivity index (χ1n) is 8.97. The lowest BCUT2D eigenvalue weighted by atomic mass is 10.3. The van der Waals surface area contributed by atoms with Crippen molar-refractivity contribution in [1.82, 2.24) is 15.0 Å². The SMILES string of the molecule is Cc1nc2nc(Nc3ccccc3)cnc2cc1NC(=O)Nc1ccc(Cl)cc1Cl. The molecule has 0 bridgehead atoms. The summed E-state index contributed by atoms with van der Waals surface area (Å²) in [6.07, 6.45) is 1.61. The molecule has 7 nitrogen and oxygen atoms in total. The van der Waals surface area contributed by atoms with Gasteiger partial charge in [-0.3, -0.25) is 0 Å². The molecule has 2 aromatic heterocycles. The molecule has 0 unspecified atom stereocenters. The van der Waals surface area contributed by atoms with Crippen molar-refractivity contribution in [3.05, 3.63) is 76.5 Å². The Bertz CT molecular complexity index is 1230. The first kappa shape index (κ1) is 19.9. The van der Waals surface area contributed by atoms with Crippen LogP contribution in [0.1, 0.15) is 5.69 Å². The summed E-state index contributed by atoms with van der Waals surface area (Å²) in [6, 6.07) is 15.8. The van der Waals surface area contributed by atoms with Crippen LogP contribution in [0, 0.1) is 6.92 Å². The quantitative estimate of drug-likeness (QED) is 0.361. The fraction of sp³-hybridized carbons (Fsp3) is 0.0476. The molecule has 4 aromatic rings. The number of carbonyl (C=O) groups excluding carboxylic acids is 1. The van der Waals surface area contributed by atoms with Crippen LogP contribution in [0.2, 0.25) is 10.0 Å². The summed E-state index contributed by atoms with van der Waals surface area (Å²) in [5, 5.41) is 9.46. The maximum absolute atomic E-state index is 12.4. The number of halogens is 2. The van der Waals surface area contributed by atoms with E-state index >= 15 is 0 Å². The summed E-state index contributed by atoms with van der Waals surface area (Å²) in [5.74, 6) is 0.580.